The van der Waals surface area contributed by atoms with Crippen molar-refractivity contribution in [3.05, 3.63) is 48.5 Å². The van der Waals surface area contributed by atoms with Gasteiger partial charge in [-0.15, -0.1) is 0 Å². The van der Waals surface area contributed by atoms with Crippen LogP contribution in [-0.2, 0) is 10.9 Å². The molecule has 0 atom stereocenters. The highest BCUT2D eigenvalue weighted by Gasteiger charge is 1.98. The fraction of sp³-hybridized carbons (Fsp3) is 0. The molecule has 0 aliphatic heterocycles. The van der Waals surface area contributed by atoms with E-state index in [9.17, 15) is 8.42 Å². The Morgan fingerprint density at radius 2 is 1.29 bits per heavy atom. The molecule has 3 N–H and O–H groups in total. The summed E-state index contributed by atoms with van der Waals surface area (Å²) in [7, 11) is -2.61. The Hall–Kier alpha value is -2.01. The molecule has 0 saturated heterocycles. The molecule has 4 nitrogen and oxygen atoms in total. The first-order valence-electron chi connectivity index (χ1n) is 5.02. The SMILES string of the molecule is Nc1ccc(-c2ccc(N[SH](=O)=O)cc2)cc1. The van der Waals surface area contributed by atoms with Gasteiger partial charge in [-0.2, -0.15) is 0 Å². The van der Waals surface area contributed by atoms with Crippen molar-refractivity contribution in [3.63, 3.8) is 0 Å². The molecule has 5 heteroatoms. The second-order valence-corrected chi connectivity index (χ2v) is 4.31. The highest BCUT2D eigenvalue weighted by atomic mass is 32.2. The lowest BCUT2D eigenvalue weighted by atomic mass is 10.1. The minimum absolute atomic E-state index is 0.556. The third-order valence-corrected chi connectivity index (χ3v) is 2.79. The number of nitrogen functional groups attached to an aromatic ring is 1. The van der Waals surface area contributed by atoms with Gasteiger partial charge in [-0.25, -0.2) is 8.42 Å². The number of rotatable bonds is 3. The molecule has 2 aromatic rings. The van der Waals surface area contributed by atoms with Gasteiger partial charge >= 0.3 is 0 Å². The van der Waals surface area contributed by atoms with Crippen LogP contribution in [0.15, 0.2) is 48.5 Å². The van der Waals surface area contributed by atoms with Crippen LogP contribution in [0.5, 0.6) is 0 Å². The van der Waals surface area contributed by atoms with Gasteiger partial charge in [0.15, 0.2) is 0 Å². The topological polar surface area (TPSA) is 72.2 Å². The third kappa shape index (κ3) is 2.98. The van der Waals surface area contributed by atoms with Gasteiger partial charge in [-0.3, -0.25) is 4.72 Å². The number of nitrogens with two attached hydrogens (primary N) is 1. The third-order valence-electron chi connectivity index (χ3n) is 2.35. The summed E-state index contributed by atoms with van der Waals surface area (Å²) in [5, 5.41) is 0. The van der Waals surface area contributed by atoms with E-state index in [4.69, 9.17) is 5.73 Å². The fourth-order valence-electron chi connectivity index (χ4n) is 1.52. The highest BCUT2D eigenvalue weighted by molar-refractivity contribution is 7.73. The van der Waals surface area contributed by atoms with E-state index in [1.54, 1.807) is 12.1 Å². The maximum Gasteiger partial charge on any atom is 0.222 e. The molecule has 0 aliphatic carbocycles. The molecule has 0 saturated carbocycles. The van der Waals surface area contributed by atoms with Gasteiger partial charge in [0.05, 0.1) is 0 Å². The van der Waals surface area contributed by atoms with Crippen LogP contribution in [0.25, 0.3) is 11.1 Å². The predicted octanol–water partition coefficient (Wildman–Crippen LogP) is 1.87. The fourth-order valence-corrected chi connectivity index (χ4v) is 1.88. The second-order valence-electron chi connectivity index (χ2n) is 3.57. The molecular weight excluding hydrogens is 236 g/mol. The predicted molar refractivity (Wildman–Crippen MR) is 70.2 cm³/mol. The molecule has 88 valence electrons. The quantitative estimate of drug-likeness (QED) is 0.573. The first-order valence-corrected chi connectivity index (χ1v) is 6.20. The lowest BCUT2D eigenvalue weighted by molar-refractivity contribution is 0.619. The van der Waals surface area contributed by atoms with Crippen LogP contribution >= 0.6 is 0 Å². The van der Waals surface area contributed by atoms with Gasteiger partial charge < -0.3 is 5.73 Å². The summed E-state index contributed by atoms with van der Waals surface area (Å²) in [5.41, 5.74) is 8.93. The number of benzene rings is 2. The van der Waals surface area contributed by atoms with Crippen LogP contribution in [0, 0.1) is 0 Å². The average Bonchev–Trinajstić information content (AvgIpc) is 2.30. The van der Waals surface area contributed by atoms with Gasteiger partial charge in [0, 0.05) is 11.4 Å². The highest BCUT2D eigenvalue weighted by Crippen LogP contribution is 2.22. The number of thiol groups is 1. The van der Waals surface area contributed by atoms with E-state index in [-0.39, 0.29) is 0 Å². The van der Waals surface area contributed by atoms with Gasteiger partial charge in [0.25, 0.3) is 0 Å². The normalized spacial score (nSPS) is 10.4. The van der Waals surface area contributed by atoms with E-state index in [0.717, 1.165) is 16.8 Å². The number of hydrogen-bond donors (Lipinski definition) is 3. The molecule has 0 amide bonds. The largest absolute Gasteiger partial charge is 0.399 e. The Morgan fingerprint density at radius 1 is 0.824 bits per heavy atom. The molecule has 0 radical (unpaired) electrons. The minimum Gasteiger partial charge on any atom is -0.399 e. The standard InChI is InChI=1S/C12H12N2O2S/c13-11-5-1-9(2-6-11)10-3-7-12(8-4-10)14-17(15)16/h1-8,17H,13H2,(H,14,15,16). The van der Waals surface area contributed by atoms with E-state index < -0.39 is 10.9 Å². The molecule has 0 spiro atoms. The molecule has 0 aromatic heterocycles. The van der Waals surface area contributed by atoms with E-state index in [0.29, 0.717) is 5.69 Å². The zero-order valence-electron chi connectivity index (χ0n) is 8.96. The Bertz CT molecular complexity index is 566. The molecule has 0 aliphatic rings. The van der Waals surface area contributed by atoms with Crippen molar-refractivity contribution in [1.82, 2.24) is 0 Å². The van der Waals surface area contributed by atoms with E-state index >= 15 is 0 Å². The van der Waals surface area contributed by atoms with Gasteiger partial charge in [0.1, 0.15) is 0 Å². The molecular formula is C12H12N2O2S. The van der Waals surface area contributed by atoms with Crippen LogP contribution in [0.4, 0.5) is 11.4 Å². The second kappa shape index (κ2) is 4.88. The summed E-state index contributed by atoms with van der Waals surface area (Å²) in [4.78, 5) is 0. The molecule has 2 aromatic carbocycles. The van der Waals surface area contributed by atoms with Crippen molar-refractivity contribution < 1.29 is 8.42 Å². The summed E-state index contributed by atoms with van der Waals surface area (Å²) in [6, 6.07) is 14.6. The van der Waals surface area contributed by atoms with Crippen LogP contribution < -0.4 is 10.5 Å². The van der Waals surface area contributed by atoms with Gasteiger partial charge in [-0.05, 0) is 35.4 Å². The van der Waals surface area contributed by atoms with Crippen molar-refractivity contribution in [3.8, 4) is 11.1 Å². The summed E-state index contributed by atoms with van der Waals surface area (Å²) >= 11 is 0. The maximum absolute atomic E-state index is 10.5. The monoisotopic (exact) mass is 248 g/mol. The van der Waals surface area contributed by atoms with E-state index in [2.05, 4.69) is 4.72 Å². The van der Waals surface area contributed by atoms with Gasteiger partial charge in [-0.1, -0.05) is 24.3 Å². The lowest BCUT2D eigenvalue weighted by Crippen LogP contribution is -1.94. The van der Waals surface area contributed by atoms with Gasteiger partial charge in [0.2, 0.25) is 10.9 Å². The van der Waals surface area contributed by atoms with Crippen LogP contribution in [0.3, 0.4) is 0 Å². The molecule has 2 rings (SSSR count). The number of hydrogen-bond acceptors (Lipinski definition) is 3. The number of anilines is 2. The molecule has 0 unspecified atom stereocenters. The van der Waals surface area contributed by atoms with Crippen LogP contribution in [-0.4, -0.2) is 8.42 Å². The molecule has 17 heavy (non-hydrogen) atoms. The molecule has 0 fully saturated rings. The number of nitrogens with one attached hydrogen (secondary N) is 1. The Balaban J connectivity index is 2.26. The zero-order valence-corrected chi connectivity index (χ0v) is 9.85. The van der Waals surface area contributed by atoms with Crippen molar-refractivity contribution in [2.45, 2.75) is 0 Å². The van der Waals surface area contributed by atoms with Crippen molar-refractivity contribution >= 4 is 22.3 Å². The van der Waals surface area contributed by atoms with Crippen molar-refractivity contribution in [2.24, 2.45) is 0 Å². The first kappa shape index (κ1) is 11.5. The zero-order chi connectivity index (χ0) is 12.3. The summed E-state index contributed by atoms with van der Waals surface area (Å²) in [6.45, 7) is 0. The molecule has 0 heterocycles. The van der Waals surface area contributed by atoms with Crippen LogP contribution in [0.1, 0.15) is 0 Å². The smallest absolute Gasteiger partial charge is 0.222 e. The van der Waals surface area contributed by atoms with E-state index in [1.165, 1.54) is 0 Å². The van der Waals surface area contributed by atoms with Crippen molar-refractivity contribution in [1.29, 1.82) is 0 Å². The van der Waals surface area contributed by atoms with Crippen LogP contribution in [0.2, 0.25) is 0 Å². The molecule has 0 bridgehead atoms. The Morgan fingerprint density at radius 3 is 1.76 bits per heavy atom. The summed E-state index contributed by atoms with van der Waals surface area (Å²) < 4.78 is 23.3. The Labute approximate surface area is 101 Å². The van der Waals surface area contributed by atoms with Crippen molar-refractivity contribution in [2.75, 3.05) is 10.5 Å². The maximum atomic E-state index is 10.5. The summed E-state index contributed by atoms with van der Waals surface area (Å²) in [5.74, 6) is 0. The lowest BCUT2D eigenvalue weighted by Gasteiger charge is -2.04. The average molecular weight is 248 g/mol. The Kier molecular flexibility index (Phi) is 3.30. The summed E-state index contributed by atoms with van der Waals surface area (Å²) in [6.07, 6.45) is 0. The minimum atomic E-state index is -2.61. The first-order chi connectivity index (χ1) is 8.15. The van der Waals surface area contributed by atoms with E-state index in [1.807, 2.05) is 36.4 Å².